The minimum Gasteiger partial charge on any atom is -0.506 e. The maximum atomic E-state index is 13.7. The molecular formula is C38H50N4O4. The first-order valence-corrected chi connectivity index (χ1v) is 16.4. The topological polar surface area (TPSA) is 123 Å². The van der Waals surface area contributed by atoms with Gasteiger partial charge in [-0.05, 0) is 84.5 Å². The molecule has 8 heteroatoms. The molecule has 8 nitrogen and oxygen atoms in total. The maximum Gasteiger partial charge on any atom is 0.323 e. The Balaban J connectivity index is 1.79. The number of hydrogen-bond acceptors (Lipinski definition) is 5. The number of nitrogens with one attached hydrogen (secondary N) is 3. The van der Waals surface area contributed by atoms with Gasteiger partial charge in [-0.3, -0.25) is 4.79 Å². The van der Waals surface area contributed by atoms with Gasteiger partial charge in [0.15, 0.2) is 6.10 Å². The van der Waals surface area contributed by atoms with Gasteiger partial charge in [0.25, 0.3) is 5.91 Å². The third-order valence-electron chi connectivity index (χ3n) is 8.92. The van der Waals surface area contributed by atoms with Gasteiger partial charge in [0, 0.05) is 23.0 Å². The first-order valence-electron chi connectivity index (χ1n) is 16.4. The summed E-state index contributed by atoms with van der Waals surface area (Å²) in [4.78, 5) is 26.2. The molecule has 0 aliphatic carbocycles. The molecule has 1 unspecified atom stereocenters. The molecule has 3 aromatic carbocycles. The van der Waals surface area contributed by atoms with Crippen LogP contribution in [-0.2, 0) is 15.6 Å². The highest BCUT2D eigenvalue weighted by Gasteiger charge is 2.29. The van der Waals surface area contributed by atoms with E-state index in [2.05, 4.69) is 76.5 Å². The molecule has 0 saturated carbocycles. The molecule has 1 atom stereocenters. The zero-order valence-corrected chi connectivity index (χ0v) is 28.4. The van der Waals surface area contributed by atoms with Crippen molar-refractivity contribution in [2.24, 2.45) is 0 Å². The quantitative estimate of drug-likeness (QED) is 0.0988. The molecule has 46 heavy (non-hydrogen) atoms. The van der Waals surface area contributed by atoms with Crippen molar-refractivity contribution in [3.63, 3.8) is 0 Å². The summed E-state index contributed by atoms with van der Waals surface area (Å²) in [6.45, 7) is 15.4. The maximum absolute atomic E-state index is 13.7. The highest BCUT2D eigenvalue weighted by atomic mass is 16.5. The highest BCUT2D eigenvalue weighted by molar-refractivity contribution is 6.01. The monoisotopic (exact) mass is 626 g/mol. The van der Waals surface area contributed by atoms with Gasteiger partial charge in [0.05, 0.1) is 17.3 Å². The van der Waals surface area contributed by atoms with Crippen LogP contribution in [0.25, 0.3) is 0 Å². The molecule has 0 bridgehead atoms. The summed E-state index contributed by atoms with van der Waals surface area (Å²) in [5.74, 6) is 0.219. The average Bonchev–Trinajstić information content (AvgIpc) is 3.04. The van der Waals surface area contributed by atoms with E-state index in [1.165, 1.54) is 17.7 Å². The van der Waals surface area contributed by atoms with Gasteiger partial charge in [0.1, 0.15) is 11.5 Å². The van der Waals surface area contributed by atoms with Crippen LogP contribution in [0.3, 0.4) is 0 Å². The molecule has 246 valence electrons. The third-order valence-corrected chi connectivity index (χ3v) is 8.92. The van der Waals surface area contributed by atoms with Gasteiger partial charge in [-0.15, -0.1) is 0 Å². The average molecular weight is 627 g/mol. The Morgan fingerprint density at radius 1 is 0.826 bits per heavy atom. The fraction of sp³-hybridized carbons (Fsp3) is 0.447. The Labute approximate surface area is 274 Å². The largest absolute Gasteiger partial charge is 0.506 e. The van der Waals surface area contributed by atoms with Crippen LogP contribution in [0.5, 0.6) is 11.5 Å². The van der Waals surface area contributed by atoms with Crippen molar-refractivity contribution in [1.82, 2.24) is 0 Å². The van der Waals surface area contributed by atoms with Crippen LogP contribution < -0.4 is 20.7 Å². The molecule has 0 fully saturated rings. The Hall–Kier alpha value is -4.51. The number of hydrogen-bond donors (Lipinski definition) is 4. The molecule has 0 aliphatic heterocycles. The Morgan fingerprint density at radius 2 is 1.50 bits per heavy atom. The summed E-state index contributed by atoms with van der Waals surface area (Å²) in [6, 6.07) is 18.8. The molecule has 0 saturated heterocycles. The zero-order chi connectivity index (χ0) is 33.9. The van der Waals surface area contributed by atoms with Crippen LogP contribution in [0.2, 0.25) is 0 Å². The summed E-state index contributed by atoms with van der Waals surface area (Å²) < 4.78 is 6.57. The Kier molecular flexibility index (Phi) is 12.6. The molecule has 0 heterocycles. The van der Waals surface area contributed by atoms with E-state index in [4.69, 9.17) is 10.00 Å². The molecule has 0 radical (unpaired) electrons. The van der Waals surface area contributed by atoms with Crippen LogP contribution >= 0.6 is 0 Å². The summed E-state index contributed by atoms with van der Waals surface area (Å²) in [7, 11) is 0. The number of phenolic OH excluding ortho intramolecular Hbond substituents is 1. The van der Waals surface area contributed by atoms with Gasteiger partial charge in [-0.25, -0.2) is 4.79 Å². The molecule has 3 aromatic rings. The van der Waals surface area contributed by atoms with Gasteiger partial charge in [0.2, 0.25) is 0 Å². The highest BCUT2D eigenvalue weighted by Crippen LogP contribution is 2.39. The second kappa shape index (κ2) is 16.2. The predicted octanol–water partition coefficient (Wildman–Crippen LogP) is 9.64. The first kappa shape index (κ1) is 36.0. The fourth-order valence-electron chi connectivity index (χ4n) is 4.98. The second-order valence-electron chi connectivity index (χ2n) is 13.1. The van der Waals surface area contributed by atoms with E-state index >= 15 is 0 Å². The summed E-state index contributed by atoms with van der Waals surface area (Å²) >= 11 is 0. The number of aromatic hydroxyl groups is 1. The summed E-state index contributed by atoms with van der Waals surface area (Å²) in [5, 5.41) is 27.8. The smallest absolute Gasteiger partial charge is 0.323 e. The molecule has 3 rings (SSSR count). The SMILES string of the molecule is CCCCCCC(Oc1ccc(C(C)(C)CC)cc1C(C)(C)CC)C(=O)Nc1ccc(NC(=O)Nc2ccc(C#N)cc2)c(O)c1. The van der Waals surface area contributed by atoms with Crippen LogP contribution in [-0.4, -0.2) is 23.1 Å². The van der Waals surface area contributed by atoms with Crippen molar-refractivity contribution in [1.29, 1.82) is 5.26 Å². The van der Waals surface area contributed by atoms with Crippen molar-refractivity contribution < 1.29 is 19.4 Å². The van der Waals surface area contributed by atoms with Crippen molar-refractivity contribution in [3.8, 4) is 17.6 Å². The standard InChI is InChI=1S/C38H50N4O4/c1-8-11-12-13-14-34(46-33-22-17-27(37(4,5)9-2)23-30(33)38(6,7)10-3)35(44)40-29-20-21-31(32(43)24-29)42-36(45)41-28-18-15-26(25-39)16-19-28/h15-24,34,43H,8-14H2,1-7H3,(H,40,44)(H2,41,42,45). The van der Waals surface area contributed by atoms with E-state index in [1.807, 2.05) is 12.1 Å². The van der Waals surface area contributed by atoms with Crippen LogP contribution in [0, 0.1) is 11.3 Å². The Bertz CT molecular complexity index is 1520. The lowest BCUT2D eigenvalue weighted by Crippen LogP contribution is -2.34. The van der Waals surface area contributed by atoms with E-state index in [-0.39, 0.29) is 28.2 Å². The number of nitriles is 1. The van der Waals surface area contributed by atoms with Gasteiger partial charge < -0.3 is 25.8 Å². The third kappa shape index (κ3) is 9.74. The molecular weight excluding hydrogens is 576 g/mol. The first-order chi connectivity index (χ1) is 21.8. The minimum atomic E-state index is -0.730. The molecule has 4 N–H and O–H groups in total. The van der Waals surface area contributed by atoms with E-state index < -0.39 is 12.1 Å². The minimum absolute atomic E-state index is 0.0152. The van der Waals surface area contributed by atoms with Gasteiger partial charge in [-0.2, -0.15) is 5.26 Å². The number of carbonyl (C=O) groups is 2. The predicted molar refractivity (Wildman–Crippen MR) is 187 cm³/mol. The van der Waals surface area contributed by atoms with Crippen LogP contribution in [0.4, 0.5) is 21.9 Å². The van der Waals surface area contributed by atoms with Crippen LogP contribution in [0.1, 0.15) is 110 Å². The van der Waals surface area contributed by atoms with E-state index in [0.717, 1.165) is 44.1 Å². The number of rotatable bonds is 15. The number of carbonyl (C=O) groups excluding carboxylic acids is 2. The number of amides is 3. The van der Waals surface area contributed by atoms with Crippen molar-refractivity contribution in [2.45, 2.75) is 110 Å². The number of benzene rings is 3. The van der Waals surface area contributed by atoms with Gasteiger partial charge in [-0.1, -0.05) is 79.9 Å². The lowest BCUT2D eigenvalue weighted by Gasteiger charge is -2.31. The van der Waals surface area contributed by atoms with Crippen LogP contribution in [0.15, 0.2) is 60.7 Å². The molecule has 3 amide bonds. The molecule has 0 aromatic heterocycles. The Morgan fingerprint density at radius 3 is 2.11 bits per heavy atom. The molecule has 0 spiro atoms. The number of anilines is 3. The van der Waals surface area contributed by atoms with Crippen molar-refractivity contribution in [2.75, 3.05) is 16.0 Å². The van der Waals surface area contributed by atoms with Crippen molar-refractivity contribution in [3.05, 3.63) is 77.4 Å². The number of urea groups is 1. The van der Waals surface area contributed by atoms with E-state index in [1.54, 1.807) is 30.3 Å². The fourth-order valence-corrected chi connectivity index (χ4v) is 4.98. The second-order valence-corrected chi connectivity index (χ2v) is 13.1. The summed E-state index contributed by atoms with van der Waals surface area (Å²) in [5.41, 5.74) is 3.74. The van der Waals surface area contributed by atoms with E-state index in [0.29, 0.717) is 29.1 Å². The lowest BCUT2D eigenvalue weighted by molar-refractivity contribution is -0.123. The van der Waals surface area contributed by atoms with Crippen molar-refractivity contribution >= 4 is 29.0 Å². The number of nitrogens with zero attached hydrogens (tertiary/aromatic N) is 1. The van der Waals surface area contributed by atoms with Gasteiger partial charge >= 0.3 is 6.03 Å². The lowest BCUT2D eigenvalue weighted by atomic mass is 9.76. The van der Waals surface area contributed by atoms with E-state index in [9.17, 15) is 14.7 Å². The normalized spacial score (nSPS) is 12.1. The number of ether oxygens (including phenoxy) is 1. The zero-order valence-electron chi connectivity index (χ0n) is 28.4. The summed E-state index contributed by atoms with van der Waals surface area (Å²) in [6.07, 6.45) is 5.78. The number of unbranched alkanes of at least 4 members (excludes halogenated alkanes) is 3. The number of phenols is 1. The molecule has 0 aliphatic rings.